The molecule has 2 aliphatic rings. The third-order valence-corrected chi connectivity index (χ3v) is 4.45. The van der Waals surface area contributed by atoms with Gasteiger partial charge in [-0.2, -0.15) is 13.2 Å². The first-order chi connectivity index (χ1) is 9.45. The number of rotatable bonds is 1. The molecule has 1 aromatic heterocycles. The molecule has 2 heterocycles. The maximum atomic E-state index is 12.9. The Hall–Kier alpha value is -1.46. The molecule has 0 amide bonds. The van der Waals surface area contributed by atoms with E-state index in [4.69, 9.17) is 5.73 Å². The summed E-state index contributed by atoms with van der Waals surface area (Å²) in [6.07, 6.45) is 1.18. The van der Waals surface area contributed by atoms with Gasteiger partial charge in [-0.1, -0.05) is 6.42 Å². The molecule has 2 unspecified atom stereocenters. The minimum absolute atomic E-state index is 0.0602. The Morgan fingerprint density at radius 2 is 1.90 bits per heavy atom. The summed E-state index contributed by atoms with van der Waals surface area (Å²) in [6, 6.07) is 2.37. The van der Waals surface area contributed by atoms with E-state index < -0.39 is 11.7 Å². The fourth-order valence-electron chi connectivity index (χ4n) is 3.59. The third-order valence-electron chi connectivity index (χ3n) is 4.45. The van der Waals surface area contributed by atoms with Crippen LogP contribution in [-0.2, 0) is 6.18 Å². The number of piperidine rings is 1. The Kier molecular flexibility index (Phi) is 3.26. The van der Waals surface area contributed by atoms with Crippen molar-refractivity contribution >= 4 is 11.6 Å². The highest BCUT2D eigenvalue weighted by molar-refractivity contribution is 5.50. The summed E-state index contributed by atoms with van der Waals surface area (Å²) >= 11 is 0. The number of anilines is 2. The zero-order chi connectivity index (χ0) is 14.3. The molecule has 1 aromatic rings. The highest BCUT2D eigenvalue weighted by Crippen LogP contribution is 2.40. The first-order valence-corrected chi connectivity index (χ1v) is 7.06. The molecule has 110 valence electrons. The molecule has 6 heteroatoms. The maximum Gasteiger partial charge on any atom is 0.416 e. The summed E-state index contributed by atoms with van der Waals surface area (Å²) in [5.41, 5.74) is 4.85. The number of nitrogens with two attached hydrogens (primary N) is 1. The van der Waals surface area contributed by atoms with Crippen molar-refractivity contribution in [2.24, 2.45) is 5.92 Å². The van der Waals surface area contributed by atoms with Crippen molar-refractivity contribution in [1.82, 2.24) is 4.98 Å². The molecule has 1 aliphatic carbocycles. The highest BCUT2D eigenvalue weighted by atomic mass is 19.4. The monoisotopic (exact) mass is 285 g/mol. The van der Waals surface area contributed by atoms with Gasteiger partial charge in [0, 0.05) is 12.6 Å². The fraction of sp³-hybridized carbons (Fsp3) is 0.643. The smallest absolute Gasteiger partial charge is 0.384 e. The number of fused-ring (bicyclic) bond motifs is 1. The van der Waals surface area contributed by atoms with Crippen LogP contribution >= 0.6 is 0 Å². The van der Waals surface area contributed by atoms with E-state index in [0.717, 1.165) is 37.9 Å². The number of pyridine rings is 1. The Morgan fingerprint density at radius 1 is 1.15 bits per heavy atom. The van der Waals surface area contributed by atoms with Gasteiger partial charge in [0.25, 0.3) is 0 Å². The molecule has 0 spiro atoms. The number of aromatic nitrogens is 1. The summed E-state index contributed by atoms with van der Waals surface area (Å²) in [5.74, 6) is 0.921. The van der Waals surface area contributed by atoms with Gasteiger partial charge in [-0.25, -0.2) is 4.98 Å². The average molecular weight is 285 g/mol. The molecule has 3 rings (SSSR count). The molecule has 3 nitrogen and oxygen atoms in total. The van der Waals surface area contributed by atoms with E-state index in [-0.39, 0.29) is 5.82 Å². The first kappa shape index (κ1) is 13.5. The minimum Gasteiger partial charge on any atom is -0.384 e. The second kappa shape index (κ2) is 4.82. The van der Waals surface area contributed by atoms with E-state index >= 15 is 0 Å². The average Bonchev–Trinajstić information content (AvgIpc) is 2.84. The Bertz CT molecular complexity index is 501. The summed E-state index contributed by atoms with van der Waals surface area (Å²) in [7, 11) is 0. The zero-order valence-corrected chi connectivity index (χ0v) is 11.2. The zero-order valence-electron chi connectivity index (χ0n) is 11.2. The largest absolute Gasteiger partial charge is 0.416 e. The lowest BCUT2D eigenvalue weighted by molar-refractivity contribution is -0.137. The van der Waals surface area contributed by atoms with Crippen LogP contribution in [0.5, 0.6) is 0 Å². The lowest BCUT2D eigenvalue weighted by Gasteiger charge is -2.39. The van der Waals surface area contributed by atoms with Crippen LogP contribution < -0.4 is 10.6 Å². The van der Waals surface area contributed by atoms with E-state index in [2.05, 4.69) is 4.98 Å². The van der Waals surface area contributed by atoms with Crippen LogP contribution in [0.25, 0.3) is 0 Å². The molecule has 20 heavy (non-hydrogen) atoms. The molecule has 2 atom stereocenters. The molecular formula is C14H18F3N3. The second-order valence-electron chi connectivity index (χ2n) is 5.73. The van der Waals surface area contributed by atoms with Crippen molar-refractivity contribution in [3.63, 3.8) is 0 Å². The molecule has 2 N–H and O–H groups in total. The van der Waals surface area contributed by atoms with Crippen molar-refractivity contribution in [2.75, 3.05) is 17.2 Å². The first-order valence-electron chi connectivity index (χ1n) is 7.06. The van der Waals surface area contributed by atoms with Crippen molar-refractivity contribution < 1.29 is 13.2 Å². The van der Waals surface area contributed by atoms with E-state index in [0.29, 0.717) is 17.8 Å². The van der Waals surface area contributed by atoms with Crippen LogP contribution in [0.3, 0.4) is 0 Å². The van der Waals surface area contributed by atoms with E-state index in [1.807, 2.05) is 4.90 Å². The Labute approximate surface area is 116 Å². The van der Waals surface area contributed by atoms with Gasteiger partial charge in [0.15, 0.2) is 0 Å². The summed E-state index contributed by atoms with van der Waals surface area (Å²) in [4.78, 5) is 6.17. The van der Waals surface area contributed by atoms with Gasteiger partial charge in [-0.05, 0) is 43.7 Å². The van der Waals surface area contributed by atoms with Gasteiger partial charge in [0.1, 0.15) is 11.6 Å². The minimum atomic E-state index is -4.38. The van der Waals surface area contributed by atoms with Crippen LogP contribution in [-0.4, -0.2) is 17.6 Å². The summed E-state index contributed by atoms with van der Waals surface area (Å²) in [5, 5.41) is 0. The number of nitrogens with zero attached hydrogens (tertiary/aromatic N) is 2. The van der Waals surface area contributed by atoms with Crippen molar-refractivity contribution in [1.29, 1.82) is 0 Å². The predicted molar refractivity (Wildman–Crippen MR) is 71.4 cm³/mol. The Balaban J connectivity index is 1.95. The lowest BCUT2D eigenvalue weighted by Crippen LogP contribution is -2.43. The van der Waals surface area contributed by atoms with Crippen LogP contribution in [0, 0.1) is 5.92 Å². The van der Waals surface area contributed by atoms with Crippen LogP contribution in [0.2, 0.25) is 0 Å². The normalized spacial score (nSPS) is 26.6. The second-order valence-corrected chi connectivity index (χ2v) is 5.73. The quantitative estimate of drug-likeness (QED) is 0.859. The summed E-state index contributed by atoms with van der Waals surface area (Å²) < 4.78 is 38.6. The van der Waals surface area contributed by atoms with Crippen LogP contribution in [0.4, 0.5) is 24.8 Å². The number of hydrogen-bond donors (Lipinski definition) is 1. The molecule has 0 radical (unpaired) electrons. The van der Waals surface area contributed by atoms with Crippen molar-refractivity contribution in [3.8, 4) is 0 Å². The van der Waals surface area contributed by atoms with E-state index in [1.54, 1.807) is 0 Å². The summed E-state index contributed by atoms with van der Waals surface area (Å²) in [6.45, 7) is 0.773. The van der Waals surface area contributed by atoms with Gasteiger partial charge in [-0.3, -0.25) is 0 Å². The molecule has 0 aromatic carbocycles. The van der Waals surface area contributed by atoms with E-state index in [9.17, 15) is 13.2 Å². The van der Waals surface area contributed by atoms with Crippen LogP contribution in [0.1, 0.15) is 37.7 Å². The lowest BCUT2D eigenvalue weighted by atomic mass is 9.92. The molecule has 0 bridgehead atoms. The number of nitrogen functional groups attached to an aromatic ring is 1. The van der Waals surface area contributed by atoms with Gasteiger partial charge < -0.3 is 10.6 Å². The standard InChI is InChI=1S/C14H18F3N3/c15-14(16,17)10-7-12(18)19-13(8-10)20-6-2-4-9-3-1-5-11(9)20/h7-9,11H,1-6H2,(H2,18,19). The number of hydrogen-bond acceptors (Lipinski definition) is 3. The number of alkyl halides is 3. The third kappa shape index (κ3) is 2.43. The SMILES string of the molecule is Nc1cc(C(F)(F)F)cc(N2CCCC3CCCC32)n1. The van der Waals surface area contributed by atoms with Crippen molar-refractivity contribution in [3.05, 3.63) is 17.7 Å². The highest BCUT2D eigenvalue weighted by Gasteiger charge is 2.37. The van der Waals surface area contributed by atoms with Gasteiger partial charge in [0.2, 0.25) is 0 Å². The van der Waals surface area contributed by atoms with Gasteiger partial charge >= 0.3 is 6.18 Å². The maximum absolute atomic E-state index is 12.9. The van der Waals surface area contributed by atoms with E-state index in [1.165, 1.54) is 12.8 Å². The van der Waals surface area contributed by atoms with Gasteiger partial charge in [-0.15, -0.1) is 0 Å². The molecule has 1 saturated heterocycles. The topological polar surface area (TPSA) is 42.1 Å². The molecule has 1 aliphatic heterocycles. The fourth-order valence-corrected chi connectivity index (χ4v) is 3.59. The predicted octanol–water partition coefficient (Wildman–Crippen LogP) is 3.45. The van der Waals surface area contributed by atoms with Gasteiger partial charge in [0.05, 0.1) is 5.56 Å². The molecular weight excluding hydrogens is 267 g/mol. The number of halogens is 3. The Morgan fingerprint density at radius 3 is 2.65 bits per heavy atom. The van der Waals surface area contributed by atoms with Crippen molar-refractivity contribution in [2.45, 2.75) is 44.3 Å². The van der Waals surface area contributed by atoms with Crippen LogP contribution in [0.15, 0.2) is 12.1 Å². The molecule has 2 fully saturated rings. The molecule has 1 saturated carbocycles.